The summed E-state index contributed by atoms with van der Waals surface area (Å²) in [5, 5.41) is 2.73. The molecule has 1 aliphatic heterocycles. The first-order valence-electron chi connectivity index (χ1n) is 9.82. The summed E-state index contributed by atoms with van der Waals surface area (Å²) in [6, 6.07) is 11.3. The molecule has 8 heteroatoms. The fourth-order valence-electron chi connectivity index (χ4n) is 3.53. The van der Waals surface area contributed by atoms with Crippen LogP contribution in [0.15, 0.2) is 51.7 Å². The van der Waals surface area contributed by atoms with Crippen molar-refractivity contribution in [3.8, 4) is 5.69 Å². The maximum Gasteiger partial charge on any atom is 0.267 e. The van der Waals surface area contributed by atoms with E-state index in [0.29, 0.717) is 15.4 Å². The summed E-state index contributed by atoms with van der Waals surface area (Å²) in [4.78, 5) is 35.9. The van der Waals surface area contributed by atoms with Gasteiger partial charge in [0.25, 0.3) is 5.56 Å². The zero-order valence-corrected chi connectivity index (χ0v) is 18.2. The van der Waals surface area contributed by atoms with E-state index in [1.165, 1.54) is 23.1 Å². The van der Waals surface area contributed by atoms with E-state index in [9.17, 15) is 9.59 Å². The van der Waals surface area contributed by atoms with E-state index in [2.05, 4.69) is 11.8 Å². The van der Waals surface area contributed by atoms with Crippen molar-refractivity contribution in [2.45, 2.75) is 24.3 Å². The van der Waals surface area contributed by atoms with Crippen LogP contribution in [0.4, 0.5) is 0 Å². The molecule has 152 valence electrons. The minimum atomic E-state index is -0.317. The average molecular weight is 429 g/mol. The summed E-state index contributed by atoms with van der Waals surface area (Å²) in [7, 11) is 0. The smallest absolute Gasteiger partial charge is 0.267 e. The zero-order valence-electron chi connectivity index (χ0n) is 16.6. The highest BCUT2D eigenvalue weighted by Gasteiger charge is 2.27. The van der Waals surface area contributed by atoms with Gasteiger partial charge in [0.15, 0.2) is 5.16 Å². The zero-order chi connectivity index (χ0) is 20.4. The molecule has 29 heavy (non-hydrogen) atoms. The molecule has 0 spiro atoms. The van der Waals surface area contributed by atoms with Crippen molar-refractivity contribution in [3.63, 3.8) is 0 Å². The van der Waals surface area contributed by atoms with E-state index in [1.54, 1.807) is 4.57 Å². The van der Waals surface area contributed by atoms with Gasteiger partial charge in [-0.1, -0.05) is 36.9 Å². The number of nitrogens with zero attached hydrogens (tertiary/aromatic N) is 4. The fourth-order valence-corrected chi connectivity index (χ4v) is 5.34. The normalized spacial score (nSPS) is 16.3. The van der Waals surface area contributed by atoms with Gasteiger partial charge in [0.05, 0.1) is 16.3 Å². The lowest BCUT2D eigenvalue weighted by Gasteiger charge is -2.35. The van der Waals surface area contributed by atoms with E-state index < -0.39 is 0 Å². The third-order valence-electron chi connectivity index (χ3n) is 5.24. The second kappa shape index (κ2) is 8.69. The standard InChI is InChI=1S/C21H24N4O2S2/c1-3-23-10-12-24(13-11-23)19(26)15(2)29-21-22-18-17(9-14-28-18)20(27)25(21)16-7-5-4-6-8-16/h4-9,14-15H,3,10-13H2,1-2H3. The molecule has 6 nitrogen and oxygen atoms in total. The molecule has 0 N–H and O–H groups in total. The topological polar surface area (TPSA) is 58.4 Å². The summed E-state index contributed by atoms with van der Waals surface area (Å²) < 4.78 is 1.62. The van der Waals surface area contributed by atoms with Gasteiger partial charge in [-0.2, -0.15) is 0 Å². The molecule has 1 atom stereocenters. The molecule has 0 bridgehead atoms. The third-order valence-corrected chi connectivity index (χ3v) is 7.09. The molecule has 2 aromatic heterocycles. The first kappa shape index (κ1) is 20.1. The Bertz CT molecular complexity index is 1060. The highest BCUT2D eigenvalue weighted by atomic mass is 32.2. The Kier molecular flexibility index (Phi) is 6.03. The molecular weight excluding hydrogens is 404 g/mol. The number of piperazine rings is 1. The van der Waals surface area contributed by atoms with Crippen molar-refractivity contribution in [3.05, 3.63) is 52.1 Å². The Morgan fingerprint density at radius 2 is 1.90 bits per heavy atom. The number of hydrogen-bond donors (Lipinski definition) is 0. The Hall–Kier alpha value is -2.16. The molecular formula is C21H24N4O2S2. The van der Waals surface area contributed by atoms with Gasteiger partial charge in [-0.05, 0) is 37.0 Å². The molecule has 3 heterocycles. The summed E-state index contributed by atoms with van der Waals surface area (Å²) in [5.41, 5.74) is 0.665. The number of carbonyl (C=O) groups is 1. The van der Waals surface area contributed by atoms with Crippen molar-refractivity contribution < 1.29 is 4.79 Å². The highest BCUT2D eigenvalue weighted by Crippen LogP contribution is 2.27. The molecule has 0 radical (unpaired) electrons. The first-order chi connectivity index (χ1) is 14.1. The Morgan fingerprint density at radius 1 is 1.17 bits per heavy atom. The van der Waals surface area contributed by atoms with Gasteiger partial charge in [0, 0.05) is 26.2 Å². The van der Waals surface area contributed by atoms with E-state index in [0.717, 1.165) is 38.4 Å². The maximum atomic E-state index is 13.1. The second-order valence-corrected chi connectivity index (χ2v) is 9.23. The number of carbonyl (C=O) groups excluding carboxylic acids is 1. The van der Waals surface area contributed by atoms with Crippen LogP contribution in [0.1, 0.15) is 13.8 Å². The molecule has 0 saturated carbocycles. The summed E-state index contributed by atoms with van der Waals surface area (Å²) >= 11 is 2.81. The van der Waals surface area contributed by atoms with Crippen molar-refractivity contribution in [2.75, 3.05) is 32.7 Å². The fraction of sp³-hybridized carbons (Fsp3) is 0.381. The van der Waals surface area contributed by atoms with Crippen LogP contribution in [-0.2, 0) is 4.79 Å². The van der Waals surface area contributed by atoms with Crippen molar-refractivity contribution in [1.29, 1.82) is 0 Å². The molecule has 1 saturated heterocycles. The first-order valence-corrected chi connectivity index (χ1v) is 11.6. The van der Waals surface area contributed by atoms with Crippen LogP contribution in [0.25, 0.3) is 15.9 Å². The van der Waals surface area contributed by atoms with Gasteiger partial charge in [0.2, 0.25) is 5.91 Å². The molecule has 1 aliphatic rings. The number of aromatic nitrogens is 2. The van der Waals surface area contributed by atoms with Crippen molar-refractivity contribution >= 4 is 39.2 Å². The summed E-state index contributed by atoms with van der Waals surface area (Å²) in [5.74, 6) is 0.103. The molecule has 1 amide bonds. The quantitative estimate of drug-likeness (QED) is 0.462. The minimum Gasteiger partial charge on any atom is -0.339 e. The van der Waals surface area contributed by atoms with Crippen molar-refractivity contribution in [1.82, 2.24) is 19.4 Å². The predicted molar refractivity (Wildman–Crippen MR) is 119 cm³/mol. The SMILES string of the molecule is CCN1CCN(C(=O)C(C)Sc2nc3sccc3c(=O)n2-c2ccccc2)CC1. The lowest BCUT2D eigenvalue weighted by molar-refractivity contribution is -0.132. The van der Waals surface area contributed by atoms with Gasteiger partial charge >= 0.3 is 0 Å². The van der Waals surface area contributed by atoms with E-state index in [1.807, 2.05) is 53.6 Å². The monoisotopic (exact) mass is 428 g/mol. The summed E-state index contributed by atoms with van der Waals surface area (Å²) in [6.45, 7) is 8.38. The van der Waals surface area contributed by atoms with E-state index in [4.69, 9.17) is 4.98 Å². The van der Waals surface area contributed by atoms with Gasteiger partial charge < -0.3 is 9.80 Å². The number of rotatable bonds is 5. The Balaban J connectivity index is 1.63. The van der Waals surface area contributed by atoms with Gasteiger partial charge in [-0.15, -0.1) is 11.3 Å². The van der Waals surface area contributed by atoms with Crippen LogP contribution in [0.2, 0.25) is 0 Å². The number of thiophene rings is 1. The molecule has 1 fully saturated rings. The number of para-hydroxylation sites is 1. The second-order valence-electron chi connectivity index (χ2n) is 7.03. The third kappa shape index (κ3) is 4.10. The number of fused-ring (bicyclic) bond motifs is 1. The Labute approximate surface area is 178 Å². The number of benzene rings is 1. The van der Waals surface area contributed by atoms with Crippen LogP contribution in [0.3, 0.4) is 0 Å². The van der Waals surface area contributed by atoms with Crippen LogP contribution < -0.4 is 5.56 Å². The molecule has 0 aliphatic carbocycles. The van der Waals surface area contributed by atoms with E-state index >= 15 is 0 Å². The maximum absolute atomic E-state index is 13.1. The van der Waals surface area contributed by atoms with Gasteiger partial charge in [-0.25, -0.2) is 4.98 Å². The number of hydrogen-bond acceptors (Lipinski definition) is 6. The number of likely N-dealkylation sites (N-methyl/N-ethyl adjacent to an activating group) is 1. The van der Waals surface area contributed by atoms with Gasteiger partial charge in [0.1, 0.15) is 4.83 Å². The van der Waals surface area contributed by atoms with Crippen LogP contribution in [-0.4, -0.2) is 63.2 Å². The molecule has 1 aromatic carbocycles. The van der Waals surface area contributed by atoms with Crippen LogP contribution in [0.5, 0.6) is 0 Å². The minimum absolute atomic E-state index is 0.0961. The Morgan fingerprint density at radius 3 is 2.59 bits per heavy atom. The van der Waals surface area contributed by atoms with Gasteiger partial charge in [-0.3, -0.25) is 14.2 Å². The lowest BCUT2D eigenvalue weighted by atomic mass is 10.3. The van der Waals surface area contributed by atoms with Crippen LogP contribution in [0, 0.1) is 0 Å². The van der Waals surface area contributed by atoms with E-state index in [-0.39, 0.29) is 16.7 Å². The number of thioether (sulfide) groups is 1. The molecule has 3 aromatic rings. The molecule has 1 unspecified atom stereocenters. The highest BCUT2D eigenvalue weighted by molar-refractivity contribution is 8.00. The predicted octanol–water partition coefficient (Wildman–Crippen LogP) is 3.09. The largest absolute Gasteiger partial charge is 0.339 e. The average Bonchev–Trinajstić information content (AvgIpc) is 3.23. The van der Waals surface area contributed by atoms with Crippen LogP contribution >= 0.6 is 23.1 Å². The van der Waals surface area contributed by atoms with Crippen molar-refractivity contribution in [2.24, 2.45) is 0 Å². The molecule has 4 rings (SSSR count). The summed E-state index contributed by atoms with van der Waals surface area (Å²) in [6.07, 6.45) is 0. The number of amides is 1. The lowest BCUT2D eigenvalue weighted by Crippen LogP contribution is -2.50.